The Balaban J connectivity index is 2.65. The molecule has 0 heterocycles. The monoisotopic (exact) mass is 172 g/mol. The summed E-state index contributed by atoms with van der Waals surface area (Å²) in [5.41, 5.74) is 1.38. The standard InChI is InChI=1S/C9H13ClO/c1-6-3-4-8(9(10)11)7(2)5-6/h3,7-8H,4-5H2,1-2H3/t7-,8+/m1/s1. The minimum Gasteiger partial charge on any atom is -0.281 e. The molecule has 0 spiro atoms. The zero-order valence-corrected chi connectivity index (χ0v) is 7.69. The van der Waals surface area contributed by atoms with Crippen molar-refractivity contribution in [2.24, 2.45) is 11.8 Å². The Morgan fingerprint density at radius 2 is 2.36 bits per heavy atom. The summed E-state index contributed by atoms with van der Waals surface area (Å²) in [6, 6.07) is 0. The predicted octanol–water partition coefficient (Wildman–Crippen LogP) is 2.74. The van der Waals surface area contributed by atoms with Crippen molar-refractivity contribution < 1.29 is 4.79 Å². The molecule has 1 nitrogen and oxygen atoms in total. The first-order chi connectivity index (χ1) is 5.11. The highest BCUT2D eigenvalue weighted by Gasteiger charge is 2.25. The maximum absolute atomic E-state index is 10.9. The molecule has 2 atom stereocenters. The van der Waals surface area contributed by atoms with Crippen LogP contribution in [-0.4, -0.2) is 5.24 Å². The molecule has 0 aromatic carbocycles. The lowest BCUT2D eigenvalue weighted by molar-refractivity contribution is -0.116. The van der Waals surface area contributed by atoms with Crippen LogP contribution < -0.4 is 0 Å². The average Bonchev–Trinajstić information content (AvgIpc) is 1.85. The summed E-state index contributed by atoms with van der Waals surface area (Å²) < 4.78 is 0. The van der Waals surface area contributed by atoms with Gasteiger partial charge in [-0.05, 0) is 37.3 Å². The number of allylic oxidation sites excluding steroid dienone is 2. The summed E-state index contributed by atoms with van der Waals surface area (Å²) in [5, 5.41) is -0.179. The van der Waals surface area contributed by atoms with E-state index >= 15 is 0 Å². The van der Waals surface area contributed by atoms with E-state index in [-0.39, 0.29) is 11.2 Å². The normalized spacial score (nSPS) is 31.4. The van der Waals surface area contributed by atoms with Gasteiger partial charge in [0.1, 0.15) is 0 Å². The lowest BCUT2D eigenvalue weighted by Gasteiger charge is -2.24. The molecule has 0 unspecified atom stereocenters. The van der Waals surface area contributed by atoms with Gasteiger partial charge in [-0.25, -0.2) is 0 Å². The van der Waals surface area contributed by atoms with E-state index in [0.717, 1.165) is 12.8 Å². The van der Waals surface area contributed by atoms with Crippen LogP contribution in [0.2, 0.25) is 0 Å². The van der Waals surface area contributed by atoms with Crippen LogP contribution in [0.25, 0.3) is 0 Å². The van der Waals surface area contributed by atoms with E-state index in [0.29, 0.717) is 5.92 Å². The van der Waals surface area contributed by atoms with Gasteiger partial charge < -0.3 is 0 Å². The van der Waals surface area contributed by atoms with Gasteiger partial charge in [-0.1, -0.05) is 18.6 Å². The van der Waals surface area contributed by atoms with Crippen LogP contribution in [0.15, 0.2) is 11.6 Å². The number of halogens is 1. The van der Waals surface area contributed by atoms with Crippen molar-refractivity contribution >= 4 is 16.8 Å². The Morgan fingerprint density at radius 1 is 1.73 bits per heavy atom. The van der Waals surface area contributed by atoms with Crippen molar-refractivity contribution in [2.75, 3.05) is 0 Å². The third-order valence-corrected chi connectivity index (χ3v) is 2.62. The molecule has 0 aromatic rings. The molecule has 0 fully saturated rings. The minimum atomic E-state index is -0.179. The Bertz CT molecular complexity index is 196. The summed E-state index contributed by atoms with van der Waals surface area (Å²) in [6.07, 6.45) is 3.96. The Hall–Kier alpha value is -0.300. The number of carbonyl (C=O) groups excluding carboxylic acids is 1. The fraction of sp³-hybridized carbons (Fsp3) is 0.667. The molecule has 0 bridgehead atoms. The highest BCUT2D eigenvalue weighted by Crippen LogP contribution is 2.30. The molecule has 1 aliphatic rings. The summed E-state index contributed by atoms with van der Waals surface area (Å²) in [7, 11) is 0. The topological polar surface area (TPSA) is 17.1 Å². The van der Waals surface area contributed by atoms with Crippen LogP contribution in [0.4, 0.5) is 0 Å². The van der Waals surface area contributed by atoms with Gasteiger partial charge in [0.15, 0.2) is 0 Å². The number of rotatable bonds is 1. The first kappa shape index (κ1) is 8.79. The van der Waals surface area contributed by atoms with E-state index in [2.05, 4.69) is 19.9 Å². The van der Waals surface area contributed by atoms with Gasteiger partial charge in [-0.15, -0.1) is 0 Å². The fourth-order valence-electron chi connectivity index (χ4n) is 1.61. The second-order valence-corrected chi connectivity index (χ2v) is 3.75. The van der Waals surface area contributed by atoms with Crippen molar-refractivity contribution in [3.63, 3.8) is 0 Å². The summed E-state index contributed by atoms with van der Waals surface area (Å²) in [6.45, 7) is 4.19. The summed E-state index contributed by atoms with van der Waals surface area (Å²) in [5.74, 6) is 0.477. The molecular weight excluding hydrogens is 160 g/mol. The lowest BCUT2D eigenvalue weighted by Crippen LogP contribution is -2.20. The van der Waals surface area contributed by atoms with Crippen LogP contribution in [0.5, 0.6) is 0 Å². The van der Waals surface area contributed by atoms with E-state index in [1.54, 1.807) is 0 Å². The van der Waals surface area contributed by atoms with Crippen molar-refractivity contribution in [3.05, 3.63) is 11.6 Å². The molecule has 0 saturated carbocycles. The van der Waals surface area contributed by atoms with Gasteiger partial charge in [-0.2, -0.15) is 0 Å². The zero-order valence-electron chi connectivity index (χ0n) is 6.93. The molecule has 0 N–H and O–H groups in total. The van der Waals surface area contributed by atoms with E-state index in [1.807, 2.05) is 0 Å². The molecule has 62 valence electrons. The van der Waals surface area contributed by atoms with Gasteiger partial charge in [0.2, 0.25) is 5.24 Å². The molecule has 2 heteroatoms. The molecule has 0 amide bonds. The van der Waals surface area contributed by atoms with Crippen LogP contribution in [-0.2, 0) is 4.79 Å². The smallest absolute Gasteiger partial charge is 0.225 e. The largest absolute Gasteiger partial charge is 0.281 e. The van der Waals surface area contributed by atoms with Gasteiger partial charge in [-0.3, -0.25) is 4.79 Å². The van der Waals surface area contributed by atoms with Crippen LogP contribution in [0.1, 0.15) is 26.7 Å². The Labute approximate surface area is 72.4 Å². The van der Waals surface area contributed by atoms with Crippen molar-refractivity contribution in [1.29, 1.82) is 0 Å². The van der Waals surface area contributed by atoms with E-state index < -0.39 is 0 Å². The summed E-state index contributed by atoms with van der Waals surface area (Å²) >= 11 is 5.43. The first-order valence-electron chi connectivity index (χ1n) is 3.96. The highest BCUT2D eigenvalue weighted by molar-refractivity contribution is 6.64. The number of hydrogen-bond acceptors (Lipinski definition) is 1. The maximum atomic E-state index is 10.9. The molecule has 0 radical (unpaired) electrons. The van der Waals surface area contributed by atoms with E-state index in [4.69, 9.17) is 11.6 Å². The third-order valence-electron chi connectivity index (χ3n) is 2.34. The minimum absolute atomic E-state index is 0.0559. The quantitative estimate of drug-likeness (QED) is 0.439. The second-order valence-electron chi connectivity index (χ2n) is 3.38. The second kappa shape index (κ2) is 3.40. The first-order valence-corrected chi connectivity index (χ1v) is 4.34. The van der Waals surface area contributed by atoms with Gasteiger partial charge >= 0.3 is 0 Å². The maximum Gasteiger partial charge on any atom is 0.225 e. The number of hydrogen-bond donors (Lipinski definition) is 0. The van der Waals surface area contributed by atoms with Crippen molar-refractivity contribution in [3.8, 4) is 0 Å². The van der Waals surface area contributed by atoms with E-state index in [9.17, 15) is 4.79 Å². The van der Waals surface area contributed by atoms with Crippen molar-refractivity contribution in [2.45, 2.75) is 26.7 Å². The fourth-order valence-corrected chi connectivity index (χ4v) is 1.91. The average molecular weight is 173 g/mol. The molecule has 1 rings (SSSR count). The Kier molecular flexibility index (Phi) is 2.72. The van der Waals surface area contributed by atoms with E-state index in [1.165, 1.54) is 5.57 Å². The summed E-state index contributed by atoms with van der Waals surface area (Å²) in [4.78, 5) is 10.9. The molecular formula is C9H13ClO. The lowest BCUT2D eigenvalue weighted by atomic mass is 9.82. The molecule has 11 heavy (non-hydrogen) atoms. The van der Waals surface area contributed by atoms with Crippen LogP contribution in [0, 0.1) is 11.8 Å². The molecule has 0 aromatic heterocycles. The molecule has 0 aliphatic heterocycles. The van der Waals surface area contributed by atoms with Crippen molar-refractivity contribution in [1.82, 2.24) is 0 Å². The van der Waals surface area contributed by atoms with Gasteiger partial charge in [0.25, 0.3) is 0 Å². The molecule has 0 saturated heterocycles. The van der Waals surface area contributed by atoms with Crippen LogP contribution in [0.3, 0.4) is 0 Å². The SMILES string of the molecule is CC1=CC[C@H](C(=O)Cl)[C@H](C)C1. The number of carbonyl (C=O) groups is 1. The molecule has 1 aliphatic carbocycles. The highest BCUT2D eigenvalue weighted by atomic mass is 35.5. The zero-order chi connectivity index (χ0) is 8.43. The predicted molar refractivity (Wildman–Crippen MR) is 46.5 cm³/mol. The van der Waals surface area contributed by atoms with Gasteiger partial charge in [0.05, 0.1) is 0 Å². The third kappa shape index (κ3) is 2.06. The van der Waals surface area contributed by atoms with Gasteiger partial charge in [0, 0.05) is 5.92 Å². The Morgan fingerprint density at radius 3 is 2.82 bits per heavy atom. The van der Waals surface area contributed by atoms with Crippen LogP contribution >= 0.6 is 11.6 Å².